The Morgan fingerprint density at radius 2 is 1.74 bits per heavy atom. The van der Waals surface area contributed by atoms with Crippen LogP contribution in [0.5, 0.6) is 0 Å². The Bertz CT molecular complexity index is 395. The third-order valence-electron chi connectivity index (χ3n) is 2.91. The molecule has 1 rings (SSSR count). The Balaban J connectivity index is 1.98. The third-order valence-corrected chi connectivity index (χ3v) is 2.91. The average Bonchev–Trinajstić information content (AvgIpc) is 2.45. The number of unbranched alkanes of at least 4 members (excludes halogenated alkanes) is 5. The van der Waals surface area contributed by atoms with E-state index in [1.165, 1.54) is 0 Å². The normalized spacial score (nSPS) is 9.84. The van der Waals surface area contributed by atoms with E-state index in [-0.39, 0.29) is 5.97 Å². The standard InChI is InChI=1S/C16H21NO2/c17-13-9-4-2-1-3-8-12-16(18)19-14-15-10-6-5-7-11-15/h5-7,10-11H,1-4,8-9,12,14H2. The van der Waals surface area contributed by atoms with Crippen molar-refractivity contribution in [2.75, 3.05) is 0 Å². The topological polar surface area (TPSA) is 50.1 Å². The molecule has 0 fully saturated rings. The molecule has 0 atom stereocenters. The summed E-state index contributed by atoms with van der Waals surface area (Å²) in [6, 6.07) is 11.8. The van der Waals surface area contributed by atoms with Gasteiger partial charge in [0.05, 0.1) is 6.07 Å². The van der Waals surface area contributed by atoms with E-state index in [1.54, 1.807) is 0 Å². The van der Waals surface area contributed by atoms with E-state index >= 15 is 0 Å². The zero-order valence-electron chi connectivity index (χ0n) is 11.3. The number of hydrogen-bond acceptors (Lipinski definition) is 3. The van der Waals surface area contributed by atoms with Crippen molar-refractivity contribution in [1.29, 1.82) is 5.26 Å². The van der Waals surface area contributed by atoms with Crippen LogP contribution in [0.3, 0.4) is 0 Å². The molecule has 0 aliphatic rings. The number of nitriles is 1. The predicted octanol–water partition coefficient (Wildman–Crippen LogP) is 3.98. The zero-order chi connectivity index (χ0) is 13.8. The van der Waals surface area contributed by atoms with Gasteiger partial charge in [0.2, 0.25) is 0 Å². The molecule has 0 saturated carbocycles. The number of carbonyl (C=O) groups excluding carboxylic acids is 1. The smallest absolute Gasteiger partial charge is 0.306 e. The van der Waals surface area contributed by atoms with Crippen molar-refractivity contribution in [3.05, 3.63) is 35.9 Å². The van der Waals surface area contributed by atoms with Crippen LogP contribution in [0.4, 0.5) is 0 Å². The van der Waals surface area contributed by atoms with Gasteiger partial charge in [0.25, 0.3) is 0 Å². The fourth-order valence-electron chi connectivity index (χ4n) is 1.81. The molecule has 0 amide bonds. The largest absolute Gasteiger partial charge is 0.461 e. The lowest BCUT2D eigenvalue weighted by Crippen LogP contribution is -2.04. The molecule has 0 N–H and O–H groups in total. The minimum Gasteiger partial charge on any atom is -0.461 e. The van der Waals surface area contributed by atoms with Gasteiger partial charge >= 0.3 is 5.97 Å². The number of ether oxygens (including phenoxy) is 1. The van der Waals surface area contributed by atoms with Crippen LogP contribution in [0.2, 0.25) is 0 Å². The molecular weight excluding hydrogens is 238 g/mol. The Morgan fingerprint density at radius 3 is 2.47 bits per heavy atom. The van der Waals surface area contributed by atoms with E-state index in [1.807, 2.05) is 30.3 Å². The molecule has 1 aromatic carbocycles. The van der Waals surface area contributed by atoms with Gasteiger partial charge in [-0.3, -0.25) is 4.79 Å². The first-order chi connectivity index (χ1) is 9.33. The minimum absolute atomic E-state index is 0.124. The SMILES string of the molecule is N#CCCCCCCCC(=O)OCc1ccccc1. The highest BCUT2D eigenvalue weighted by Crippen LogP contribution is 2.08. The third kappa shape index (κ3) is 7.99. The van der Waals surface area contributed by atoms with Crippen LogP contribution < -0.4 is 0 Å². The molecule has 0 heterocycles. The Labute approximate surface area is 115 Å². The quantitative estimate of drug-likeness (QED) is 0.498. The number of hydrogen-bond donors (Lipinski definition) is 0. The van der Waals surface area contributed by atoms with Gasteiger partial charge in [-0.25, -0.2) is 0 Å². The molecule has 0 saturated heterocycles. The molecule has 102 valence electrons. The highest BCUT2D eigenvalue weighted by molar-refractivity contribution is 5.69. The molecule has 0 bridgehead atoms. The summed E-state index contributed by atoms with van der Waals surface area (Å²) in [5, 5.41) is 8.38. The predicted molar refractivity (Wildman–Crippen MR) is 74.2 cm³/mol. The van der Waals surface area contributed by atoms with E-state index in [4.69, 9.17) is 10.00 Å². The maximum atomic E-state index is 11.5. The van der Waals surface area contributed by atoms with Gasteiger partial charge in [0.1, 0.15) is 6.61 Å². The Kier molecular flexibility index (Phi) is 8.13. The lowest BCUT2D eigenvalue weighted by molar-refractivity contribution is -0.145. The second-order valence-electron chi connectivity index (χ2n) is 4.57. The van der Waals surface area contributed by atoms with E-state index in [2.05, 4.69) is 6.07 Å². The van der Waals surface area contributed by atoms with Crippen molar-refractivity contribution in [3.63, 3.8) is 0 Å². The van der Waals surface area contributed by atoms with Gasteiger partial charge in [0, 0.05) is 12.8 Å². The number of nitrogens with zero attached hydrogens (tertiary/aromatic N) is 1. The highest BCUT2D eigenvalue weighted by atomic mass is 16.5. The summed E-state index contributed by atoms with van der Waals surface area (Å²) in [5.74, 6) is -0.124. The van der Waals surface area contributed by atoms with Crippen molar-refractivity contribution < 1.29 is 9.53 Å². The molecule has 0 aromatic heterocycles. The summed E-state index contributed by atoms with van der Waals surface area (Å²) in [6.45, 7) is 0.363. The molecule has 0 aliphatic carbocycles. The van der Waals surface area contributed by atoms with Crippen LogP contribution in [0.1, 0.15) is 50.5 Å². The van der Waals surface area contributed by atoms with Crippen molar-refractivity contribution in [1.82, 2.24) is 0 Å². The van der Waals surface area contributed by atoms with Crippen LogP contribution in [0.25, 0.3) is 0 Å². The van der Waals surface area contributed by atoms with Crippen LogP contribution >= 0.6 is 0 Å². The lowest BCUT2D eigenvalue weighted by Gasteiger charge is -2.04. The number of benzene rings is 1. The molecule has 3 nitrogen and oxygen atoms in total. The summed E-state index contributed by atoms with van der Waals surface area (Å²) < 4.78 is 5.19. The Hall–Kier alpha value is -1.82. The van der Waals surface area contributed by atoms with Gasteiger partial charge < -0.3 is 4.74 Å². The van der Waals surface area contributed by atoms with Crippen molar-refractivity contribution >= 4 is 5.97 Å². The first-order valence-corrected chi connectivity index (χ1v) is 6.89. The van der Waals surface area contributed by atoms with Crippen LogP contribution in [0, 0.1) is 11.3 Å². The van der Waals surface area contributed by atoms with Crippen LogP contribution in [-0.2, 0) is 16.1 Å². The summed E-state index contributed by atoms with van der Waals surface area (Å²) in [7, 11) is 0. The fraction of sp³-hybridized carbons (Fsp3) is 0.500. The van der Waals surface area contributed by atoms with Gasteiger partial charge in [0.15, 0.2) is 0 Å². The maximum absolute atomic E-state index is 11.5. The highest BCUT2D eigenvalue weighted by Gasteiger charge is 2.02. The molecule has 0 aliphatic heterocycles. The summed E-state index contributed by atoms with van der Waals surface area (Å²) in [4.78, 5) is 11.5. The lowest BCUT2D eigenvalue weighted by atomic mass is 10.1. The molecule has 1 aromatic rings. The molecule has 0 radical (unpaired) electrons. The molecular formula is C16H21NO2. The first kappa shape index (κ1) is 15.2. The number of esters is 1. The average molecular weight is 259 g/mol. The fourth-order valence-corrected chi connectivity index (χ4v) is 1.81. The van der Waals surface area contributed by atoms with Gasteiger partial charge in [-0.05, 0) is 18.4 Å². The monoisotopic (exact) mass is 259 g/mol. The van der Waals surface area contributed by atoms with Crippen molar-refractivity contribution in [2.45, 2.75) is 51.6 Å². The van der Waals surface area contributed by atoms with Crippen molar-refractivity contribution in [2.24, 2.45) is 0 Å². The second kappa shape index (κ2) is 10.1. The van der Waals surface area contributed by atoms with Gasteiger partial charge in [-0.2, -0.15) is 5.26 Å². The summed E-state index contributed by atoms with van der Waals surface area (Å²) in [5.41, 5.74) is 1.02. The first-order valence-electron chi connectivity index (χ1n) is 6.89. The summed E-state index contributed by atoms with van der Waals surface area (Å²) >= 11 is 0. The van der Waals surface area contributed by atoms with E-state index in [0.29, 0.717) is 19.4 Å². The van der Waals surface area contributed by atoms with Gasteiger partial charge in [-0.15, -0.1) is 0 Å². The Morgan fingerprint density at radius 1 is 1.05 bits per heavy atom. The van der Waals surface area contributed by atoms with Crippen LogP contribution in [-0.4, -0.2) is 5.97 Å². The van der Waals surface area contributed by atoms with E-state index in [9.17, 15) is 4.79 Å². The molecule has 0 spiro atoms. The van der Waals surface area contributed by atoms with E-state index in [0.717, 1.165) is 37.7 Å². The molecule has 19 heavy (non-hydrogen) atoms. The number of rotatable bonds is 9. The van der Waals surface area contributed by atoms with E-state index < -0.39 is 0 Å². The summed E-state index contributed by atoms with van der Waals surface area (Å²) in [6.07, 6.45) is 6.17. The molecule has 0 unspecified atom stereocenters. The molecule has 3 heteroatoms. The van der Waals surface area contributed by atoms with Crippen molar-refractivity contribution in [3.8, 4) is 6.07 Å². The number of carbonyl (C=O) groups is 1. The van der Waals surface area contributed by atoms with Crippen LogP contribution in [0.15, 0.2) is 30.3 Å². The minimum atomic E-state index is -0.124. The second-order valence-corrected chi connectivity index (χ2v) is 4.57. The van der Waals surface area contributed by atoms with Gasteiger partial charge in [-0.1, -0.05) is 49.6 Å². The maximum Gasteiger partial charge on any atom is 0.306 e. The zero-order valence-corrected chi connectivity index (χ0v) is 11.3.